The van der Waals surface area contributed by atoms with E-state index in [1.807, 2.05) is 50.3 Å². The Morgan fingerprint density at radius 2 is 1.05 bits per heavy atom. The fraction of sp³-hybridized carbons (Fsp3) is 0.525. The molecule has 0 unspecified atom stereocenters. The van der Waals surface area contributed by atoms with Crippen LogP contribution in [-0.2, 0) is 9.53 Å². The first-order valence-electron chi connectivity index (χ1n) is 16.1. The number of rotatable bonds is 11. The van der Waals surface area contributed by atoms with Gasteiger partial charge in [-0.15, -0.1) is 0 Å². The van der Waals surface area contributed by atoms with Gasteiger partial charge in [-0.05, 0) is 71.4 Å². The van der Waals surface area contributed by atoms with Gasteiger partial charge in [0, 0.05) is 17.3 Å². The van der Waals surface area contributed by atoms with E-state index in [0.717, 1.165) is 28.7 Å². The number of ketones is 1. The lowest BCUT2D eigenvalue weighted by Gasteiger charge is -2.39. The van der Waals surface area contributed by atoms with E-state index >= 15 is 0 Å². The molecule has 3 aliphatic rings. The molecule has 3 rings (SSSR count). The number of carbonyl (C=O) groups excluding carboxylic acids is 1. The molecular formula is C40H56O4. The van der Waals surface area contributed by atoms with Crippen molar-refractivity contribution < 1.29 is 19.7 Å². The van der Waals surface area contributed by atoms with Crippen LogP contribution in [0, 0.1) is 16.2 Å². The first-order valence-corrected chi connectivity index (χ1v) is 16.1. The molecule has 2 N–H and O–H groups in total. The number of carbonyl (C=O) groups is 1. The summed E-state index contributed by atoms with van der Waals surface area (Å²) in [5, 5.41) is 20.4. The van der Waals surface area contributed by atoms with Gasteiger partial charge in [0.05, 0.1) is 12.2 Å². The molecule has 0 radical (unpaired) electrons. The van der Waals surface area contributed by atoms with E-state index in [0.29, 0.717) is 19.3 Å². The Morgan fingerprint density at radius 1 is 0.591 bits per heavy atom. The minimum absolute atomic E-state index is 0.0831. The maximum absolute atomic E-state index is 12.9. The first-order chi connectivity index (χ1) is 20.4. The van der Waals surface area contributed by atoms with Crippen molar-refractivity contribution in [3.8, 4) is 0 Å². The van der Waals surface area contributed by atoms with Crippen LogP contribution in [0.5, 0.6) is 0 Å². The van der Waals surface area contributed by atoms with Gasteiger partial charge in [0.15, 0.2) is 5.78 Å². The summed E-state index contributed by atoms with van der Waals surface area (Å²) < 4.78 is 6.24. The molecule has 0 spiro atoms. The Labute approximate surface area is 267 Å². The minimum atomic E-state index is -0.534. The fourth-order valence-corrected chi connectivity index (χ4v) is 7.12. The molecule has 4 nitrogen and oxygen atoms in total. The summed E-state index contributed by atoms with van der Waals surface area (Å²) in [6.45, 7) is 20.8. The minimum Gasteiger partial charge on any atom is -0.393 e. The molecule has 0 aromatic heterocycles. The average molecular weight is 601 g/mol. The van der Waals surface area contributed by atoms with Crippen LogP contribution >= 0.6 is 0 Å². The van der Waals surface area contributed by atoms with E-state index < -0.39 is 11.5 Å². The van der Waals surface area contributed by atoms with Crippen molar-refractivity contribution >= 4 is 5.78 Å². The maximum Gasteiger partial charge on any atom is 0.162 e. The zero-order valence-corrected chi connectivity index (χ0v) is 28.8. The zero-order chi connectivity index (χ0) is 33.0. The SMILES string of the molecule is CC(=C/C=C/C(C)=C/C=C/C=C(C)/C=C/C=C(C)/C=C/C(=O)[C@]1(C)C[C@@H](O)CC1(C)C)/C=C/[C@@]12O[C@]1(C)C[C@@H](O)CC2(C)C. The van der Waals surface area contributed by atoms with E-state index in [9.17, 15) is 15.0 Å². The molecule has 5 atom stereocenters. The van der Waals surface area contributed by atoms with E-state index in [2.05, 4.69) is 97.9 Å². The van der Waals surface area contributed by atoms with Crippen LogP contribution in [0.25, 0.3) is 0 Å². The van der Waals surface area contributed by atoms with Crippen molar-refractivity contribution in [1.29, 1.82) is 0 Å². The molecule has 240 valence electrons. The van der Waals surface area contributed by atoms with Crippen LogP contribution in [-0.4, -0.2) is 39.4 Å². The monoisotopic (exact) mass is 600 g/mol. The number of hydrogen-bond acceptors (Lipinski definition) is 4. The second kappa shape index (κ2) is 13.7. The highest BCUT2D eigenvalue weighted by atomic mass is 16.6. The Hall–Kier alpha value is -2.79. The van der Waals surface area contributed by atoms with Gasteiger partial charge in [-0.1, -0.05) is 130 Å². The van der Waals surface area contributed by atoms with E-state index in [4.69, 9.17) is 4.74 Å². The van der Waals surface area contributed by atoms with Crippen LogP contribution in [0.4, 0.5) is 0 Å². The number of hydrogen-bond donors (Lipinski definition) is 2. The van der Waals surface area contributed by atoms with Gasteiger partial charge >= 0.3 is 0 Å². The molecule has 0 amide bonds. The molecule has 2 saturated carbocycles. The van der Waals surface area contributed by atoms with Gasteiger partial charge in [-0.3, -0.25) is 4.79 Å². The summed E-state index contributed by atoms with van der Waals surface area (Å²) in [7, 11) is 0. The summed E-state index contributed by atoms with van der Waals surface area (Å²) in [4.78, 5) is 12.9. The second-order valence-electron chi connectivity index (χ2n) is 15.1. The number of aliphatic hydroxyl groups excluding tert-OH is 2. The van der Waals surface area contributed by atoms with Gasteiger partial charge in [0.1, 0.15) is 11.2 Å². The Morgan fingerprint density at radius 3 is 1.55 bits per heavy atom. The van der Waals surface area contributed by atoms with Crippen LogP contribution < -0.4 is 0 Å². The molecule has 44 heavy (non-hydrogen) atoms. The van der Waals surface area contributed by atoms with Gasteiger partial charge < -0.3 is 14.9 Å². The predicted molar refractivity (Wildman–Crippen MR) is 184 cm³/mol. The van der Waals surface area contributed by atoms with Crippen molar-refractivity contribution in [2.45, 2.75) is 118 Å². The maximum atomic E-state index is 12.9. The van der Waals surface area contributed by atoms with Crippen molar-refractivity contribution in [2.75, 3.05) is 0 Å². The first kappa shape index (κ1) is 35.7. The molecule has 1 heterocycles. The lowest BCUT2D eigenvalue weighted by Crippen LogP contribution is -2.46. The van der Waals surface area contributed by atoms with Crippen LogP contribution in [0.15, 0.2) is 107 Å². The molecule has 0 aromatic rings. The molecule has 3 fully saturated rings. The lowest BCUT2D eigenvalue weighted by molar-refractivity contribution is -0.127. The molecule has 4 heteroatoms. The summed E-state index contributed by atoms with van der Waals surface area (Å²) in [6, 6.07) is 0. The number of fused-ring (bicyclic) bond motifs is 1. The summed E-state index contributed by atoms with van der Waals surface area (Å²) in [6.07, 6.45) is 30.3. The smallest absolute Gasteiger partial charge is 0.162 e. The van der Waals surface area contributed by atoms with Gasteiger partial charge in [-0.2, -0.15) is 0 Å². The number of epoxide rings is 1. The highest BCUT2D eigenvalue weighted by molar-refractivity contribution is 5.95. The average Bonchev–Trinajstić information content (AvgIpc) is 3.46. The van der Waals surface area contributed by atoms with Gasteiger partial charge in [0.25, 0.3) is 0 Å². The quantitative estimate of drug-likeness (QED) is 0.141. The molecule has 2 aliphatic carbocycles. The second-order valence-corrected chi connectivity index (χ2v) is 15.1. The number of ether oxygens (including phenoxy) is 1. The molecule has 1 saturated heterocycles. The third-order valence-corrected chi connectivity index (χ3v) is 10.3. The highest BCUT2D eigenvalue weighted by Gasteiger charge is 2.74. The summed E-state index contributed by atoms with van der Waals surface area (Å²) in [5.41, 5.74) is 2.99. The lowest BCUT2D eigenvalue weighted by atomic mass is 9.63. The number of aliphatic hydroxyl groups is 2. The fourth-order valence-electron chi connectivity index (χ4n) is 7.12. The van der Waals surface area contributed by atoms with Gasteiger partial charge in [-0.25, -0.2) is 0 Å². The van der Waals surface area contributed by atoms with Crippen LogP contribution in [0.2, 0.25) is 0 Å². The van der Waals surface area contributed by atoms with Crippen molar-refractivity contribution in [1.82, 2.24) is 0 Å². The Bertz CT molecular complexity index is 1360. The van der Waals surface area contributed by atoms with Crippen molar-refractivity contribution in [3.63, 3.8) is 0 Å². The summed E-state index contributed by atoms with van der Waals surface area (Å²) in [5.74, 6) is 0.0831. The number of allylic oxidation sites excluding steroid dienone is 17. The molecule has 0 aromatic carbocycles. The van der Waals surface area contributed by atoms with Crippen molar-refractivity contribution in [2.24, 2.45) is 16.2 Å². The predicted octanol–water partition coefficient (Wildman–Crippen LogP) is 9.02. The van der Waals surface area contributed by atoms with Crippen LogP contribution in [0.3, 0.4) is 0 Å². The highest BCUT2D eigenvalue weighted by Crippen LogP contribution is 2.66. The molecule has 1 aliphatic heterocycles. The van der Waals surface area contributed by atoms with E-state index in [1.54, 1.807) is 6.08 Å². The van der Waals surface area contributed by atoms with Crippen molar-refractivity contribution in [3.05, 3.63) is 107 Å². The molecular weight excluding hydrogens is 544 g/mol. The Kier molecular flexibility index (Phi) is 11.1. The zero-order valence-electron chi connectivity index (χ0n) is 28.8. The normalized spacial score (nSPS) is 34.7. The third kappa shape index (κ3) is 8.07. The van der Waals surface area contributed by atoms with Crippen LogP contribution in [0.1, 0.15) is 94.9 Å². The topological polar surface area (TPSA) is 70.1 Å². The standard InChI is InChI=1S/C40H56O4/c1-29(17-13-19-31(3)21-22-35(43)38(9)27-33(41)25-36(38,5)6)15-11-12-16-30(2)18-14-20-32(4)23-24-40-37(7,8)26-34(42)28-39(40,10)44-40/h11-24,33-34,41-42H,25-28H2,1-10H3/b12-11+,17-13+,18-14+,22-21+,24-23+,29-15+,30-16+,31-19+,32-20-/t33-,34-,38-,39+,40-/m0/s1. The summed E-state index contributed by atoms with van der Waals surface area (Å²) >= 11 is 0. The van der Waals surface area contributed by atoms with Gasteiger partial charge in [0.2, 0.25) is 0 Å². The largest absolute Gasteiger partial charge is 0.393 e. The third-order valence-electron chi connectivity index (χ3n) is 10.3. The Balaban J connectivity index is 1.48. The molecule has 0 bridgehead atoms. The van der Waals surface area contributed by atoms with E-state index in [-0.39, 0.29) is 33.9 Å². The van der Waals surface area contributed by atoms with E-state index in [1.165, 1.54) is 0 Å².